The summed E-state index contributed by atoms with van der Waals surface area (Å²) >= 11 is 0. The van der Waals surface area contributed by atoms with Gasteiger partial charge in [0, 0.05) is 25.3 Å². The second kappa shape index (κ2) is 9.45. The van der Waals surface area contributed by atoms with Crippen LogP contribution >= 0.6 is 0 Å². The monoisotopic (exact) mass is 550 g/mol. The van der Waals surface area contributed by atoms with Crippen molar-refractivity contribution in [2.75, 3.05) is 13.1 Å². The first-order valence-electron chi connectivity index (χ1n) is 12.8. The molecule has 11 nitrogen and oxygen atoms in total. The fraction of sp³-hybridized carbons (Fsp3) is 0.583. The first-order chi connectivity index (χ1) is 18.6. The molecule has 15 heteroatoms. The van der Waals surface area contributed by atoms with Crippen LogP contribution in [0, 0.1) is 5.92 Å². The van der Waals surface area contributed by atoms with Crippen LogP contribution in [0.15, 0.2) is 23.1 Å². The van der Waals surface area contributed by atoms with Crippen LogP contribution in [0.1, 0.15) is 77.9 Å². The molecule has 1 aliphatic heterocycles. The molecule has 1 atom stereocenters. The van der Waals surface area contributed by atoms with E-state index in [4.69, 9.17) is 4.63 Å². The van der Waals surface area contributed by atoms with Crippen molar-refractivity contribution in [2.24, 2.45) is 5.92 Å². The molecule has 2 saturated carbocycles. The van der Waals surface area contributed by atoms with Gasteiger partial charge in [0.15, 0.2) is 11.3 Å². The van der Waals surface area contributed by atoms with Crippen LogP contribution in [0.25, 0.3) is 5.65 Å². The highest BCUT2D eigenvalue weighted by Crippen LogP contribution is 2.42. The van der Waals surface area contributed by atoms with Crippen LogP contribution in [0.4, 0.5) is 22.4 Å². The predicted octanol–water partition coefficient (Wildman–Crippen LogP) is 3.45. The van der Waals surface area contributed by atoms with Gasteiger partial charge in [-0.25, -0.2) is 36.5 Å². The summed E-state index contributed by atoms with van der Waals surface area (Å²) in [6.45, 7) is -1.53. The van der Waals surface area contributed by atoms with Crippen LogP contribution in [0.2, 0.25) is 0 Å². The minimum Gasteiger partial charge on any atom is -0.342 e. The summed E-state index contributed by atoms with van der Waals surface area (Å²) in [6.07, 6.45) is 4.55. The first kappa shape index (κ1) is 25.5. The second-order valence-corrected chi connectivity index (χ2v) is 10.6. The van der Waals surface area contributed by atoms with Crippen molar-refractivity contribution < 1.29 is 31.8 Å². The Balaban J connectivity index is 1.26. The summed E-state index contributed by atoms with van der Waals surface area (Å²) in [5.74, 6) is -6.53. The molecule has 1 saturated heterocycles. The first-order valence-corrected chi connectivity index (χ1v) is 12.8. The molecule has 0 aromatic carbocycles. The van der Waals surface area contributed by atoms with Gasteiger partial charge in [0.1, 0.15) is 5.69 Å². The van der Waals surface area contributed by atoms with Gasteiger partial charge >= 0.3 is 6.03 Å². The van der Waals surface area contributed by atoms with Gasteiger partial charge < -0.3 is 15.5 Å². The number of hydrogen-bond acceptors (Lipinski definition) is 7. The van der Waals surface area contributed by atoms with Crippen molar-refractivity contribution in [1.29, 1.82) is 0 Å². The number of carbonyl (C=O) groups is 2. The van der Waals surface area contributed by atoms with Gasteiger partial charge in [-0.05, 0) is 48.4 Å². The molecule has 2 aliphatic carbocycles. The molecule has 1 unspecified atom stereocenters. The van der Waals surface area contributed by atoms with Crippen LogP contribution < -0.4 is 10.6 Å². The lowest BCUT2D eigenvalue weighted by atomic mass is 9.81. The van der Waals surface area contributed by atoms with E-state index in [1.54, 1.807) is 12.3 Å². The number of halogens is 4. The standard InChI is InChI=1S/C24H26F4N8O3/c25-23(26)5-3-15(4-6-23)18(32-21(37)20-19(14-1-2-14)33-39-34-20)16-10-36-17(31-16)7-13(8-30-36)9-35-12-24(27,28)11-29-22(35)38/h7-8,10,14-15,18H,1-6,9,11-12H2,(H,29,38)(H,32,37). The van der Waals surface area contributed by atoms with Crippen LogP contribution in [0.5, 0.6) is 0 Å². The number of carbonyl (C=O) groups excluding carboxylic acids is 2. The van der Waals surface area contributed by atoms with Crippen LogP contribution in [-0.2, 0) is 6.54 Å². The van der Waals surface area contributed by atoms with E-state index in [1.165, 1.54) is 10.7 Å². The number of fused-ring (bicyclic) bond motifs is 1. The number of amides is 3. The van der Waals surface area contributed by atoms with Crippen molar-refractivity contribution in [3.8, 4) is 0 Å². The summed E-state index contributed by atoms with van der Waals surface area (Å²) in [4.78, 5) is 30.9. The van der Waals surface area contributed by atoms with Gasteiger partial charge in [0.05, 0.1) is 37.2 Å². The summed E-state index contributed by atoms with van der Waals surface area (Å²) in [5, 5.41) is 17.0. The van der Waals surface area contributed by atoms with Crippen molar-refractivity contribution in [3.63, 3.8) is 0 Å². The lowest BCUT2D eigenvalue weighted by Crippen LogP contribution is -2.56. The average molecular weight is 551 g/mol. The predicted molar refractivity (Wildman–Crippen MR) is 125 cm³/mol. The lowest BCUT2D eigenvalue weighted by molar-refractivity contribution is -0.0495. The Hall–Kier alpha value is -3.78. The van der Waals surface area contributed by atoms with E-state index in [0.717, 1.165) is 17.7 Å². The van der Waals surface area contributed by atoms with Crippen molar-refractivity contribution in [3.05, 3.63) is 41.1 Å². The normalized spacial score (nSPS) is 22.1. The molecule has 4 heterocycles. The Bertz CT molecular complexity index is 1390. The van der Waals surface area contributed by atoms with Crippen molar-refractivity contribution in [1.82, 2.24) is 40.4 Å². The van der Waals surface area contributed by atoms with Gasteiger partial charge in [-0.3, -0.25) is 4.79 Å². The molecule has 6 rings (SSSR count). The maximum Gasteiger partial charge on any atom is 0.318 e. The van der Waals surface area contributed by atoms with E-state index in [-0.39, 0.29) is 49.8 Å². The molecule has 3 aliphatic rings. The topological polar surface area (TPSA) is 131 Å². The Morgan fingerprint density at radius 2 is 1.92 bits per heavy atom. The zero-order chi connectivity index (χ0) is 27.4. The maximum atomic E-state index is 13.9. The highest BCUT2D eigenvalue weighted by atomic mass is 19.3. The lowest BCUT2D eigenvalue weighted by Gasteiger charge is -2.33. The van der Waals surface area contributed by atoms with Crippen LogP contribution in [0.3, 0.4) is 0 Å². The fourth-order valence-electron chi connectivity index (χ4n) is 5.26. The molecule has 39 heavy (non-hydrogen) atoms. The summed E-state index contributed by atoms with van der Waals surface area (Å²) in [5.41, 5.74) is 1.80. The third kappa shape index (κ3) is 5.39. The Morgan fingerprint density at radius 1 is 1.15 bits per heavy atom. The average Bonchev–Trinajstić information content (AvgIpc) is 3.45. The molecule has 3 amide bonds. The number of urea groups is 1. The van der Waals surface area contributed by atoms with E-state index in [9.17, 15) is 27.2 Å². The molecule has 2 N–H and O–H groups in total. The molecular formula is C24H26F4N8O3. The van der Waals surface area contributed by atoms with Crippen molar-refractivity contribution >= 4 is 17.6 Å². The third-order valence-corrected chi connectivity index (χ3v) is 7.51. The molecule has 3 aromatic rings. The highest BCUT2D eigenvalue weighted by molar-refractivity contribution is 5.93. The zero-order valence-corrected chi connectivity index (χ0v) is 20.7. The Kier molecular flexibility index (Phi) is 6.18. The second-order valence-electron chi connectivity index (χ2n) is 10.6. The van der Waals surface area contributed by atoms with E-state index in [1.807, 2.05) is 0 Å². The number of imidazole rings is 1. The molecular weight excluding hydrogens is 524 g/mol. The third-order valence-electron chi connectivity index (χ3n) is 7.51. The minimum absolute atomic E-state index is 0.0735. The van der Waals surface area contributed by atoms with E-state index < -0.39 is 42.9 Å². The van der Waals surface area contributed by atoms with Gasteiger partial charge in [-0.2, -0.15) is 5.10 Å². The zero-order valence-electron chi connectivity index (χ0n) is 20.7. The molecule has 0 spiro atoms. The number of alkyl halides is 4. The minimum atomic E-state index is -3.05. The number of hydrogen-bond donors (Lipinski definition) is 2. The molecule has 208 valence electrons. The van der Waals surface area contributed by atoms with Crippen molar-refractivity contribution in [2.45, 2.75) is 68.9 Å². The molecule has 0 radical (unpaired) electrons. The number of aromatic nitrogens is 5. The highest BCUT2D eigenvalue weighted by Gasteiger charge is 2.41. The quantitative estimate of drug-likeness (QED) is 0.431. The SMILES string of the molecule is O=C(NC(c1cn2ncc(CN3CC(F)(F)CNC3=O)cc2n1)C1CCC(F)(F)CC1)c1nonc1C1CC1. The Morgan fingerprint density at radius 3 is 2.67 bits per heavy atom. The Labute approximate surface area is 219 Å². The molecule has 3 aromatic heterocycles. The smallest absolute Gasteiger partial charge is 0.318 e. The van der Waals surface area contributed by atoms with E-state index in [0.29, 0.717) is 22.6 Å². The summed E-state index contributed by atoms with van der Waals surface area (Å²) in [7, 11) is 0. The summed E-state index contributed by atoms with van der Waals surface area (Å²) in [6, 6.07) is 0.292. The largest absolute Gasteiger partial charge is 0.342 e. The van der Waals surface area contributed by atoms with E-state index in [2.05, 4.69) is 31.0 Å². The fourth-order valence-corrected chi connectivity index (χ4v) is 5.26. The molecule has 3 fully saturated rings. The number of nitrogens with one attached hydrogen (secondary N) is 2. The van der Waals surface area contributed by atoms with Gasteiger partial charge in [-0.15, -0.1) is 0 Å². The van der Waals surface area contributed by atoms with Gasteiger partial charge in [0.2, 0.25) is 5.92 Å². The number of rotatable bonds is 7. The van der Waals surface area contributed by atoms with Crippen LogP contribution in [-0.4, -0.2) is 66.7 Å². The number of nitrogens with zero attached hydrogens (tertiary/aromatic N) is 6. The molecule has 0 bridgehead atoms. The van der Waals surface area contributed by atoms with E-state index >= 15 is 0 Å². The van der Waals surface area contributed by atoms with Gasteiger partial charge in [0.25, 0.3) is 11.8 Å². The van der Waals surface area contributed by atoms with Gasteiger partial charge in [-0.1, -0.05) is 5.16 Å². The maximum absolute atomic E-state index is 13.9. The summed E-state index contributed by atoms with van der Waals surface area (Å²) < 4.78 is 61.7.